The highest BCUT2D eigenvalue weighted by Gasteiger charge is 2.17. The van der Waals surface area contributed by atoms with Crippen LogP contribution >= 0.6 is 12.4 Å². The molecular weight excluding hydrogens is 232 g/mol. The molecule has 0 atom stereocenters. The first-order valence-electron chi connectivity index (χ1n) is 6.34. The zero-order valence-electron chi connectivity index (χ0n) is 10.6. The second-order valence-electron chi connectivity index (χ2n) is 4.87. The number of likely N-dealkylation sites (tertiary alicyclic amines) is 1. The van der Waals surface area contributed by atoms with E-state index in [2.05, 4.69) is 24.0 Å². The summed E-state index contributed by atoms with van der Waals surface area (Å²) in [4.78, 5) is 2.54. The fourth-order valence-corrected chi connectivity index (χ4v) is 2.50. The average molecular weight is 255 g/mol. The van der Waals surface area contributed by atoms with Crippen molar-refractivity contribution in [2.75, 3.05) is 18.8 Å². The summed E-state index contributed by atoms with van der Waals surface area (Å²) >= 11 is 0. The minimum Gasteiger partial charge on any atom is -0.399 e. The third-order valence-corrected chi connectivity index (χ3v) is 3.64. The van der Waals surface area contributed by atoms with Crippen LogP contribution in [-0.2, 0) is 6.54 Å². The van der Waals surface area contributed by atoms with Gasteiger partial charge in [-0.25, -0.2) is 0 Å². The van der Waals surface area contributed by atoms with Gasteiger partial charge in [0.15, 0.2) is 0 Å². The summed E-state index contributed by atoms with van der Waals surface area (Å²) in [5.41, 5.74) is 8.01. The molecule has 0 bridgehead atoms. The van der Waals surface area contributed by atoms with Crippen molar-refractivity contribution in [3.8, 4) is 0 Å². The van der Waals surface area contributed by atoms with Gasteiger partial charge in [0.05, 0.1) is 0 Å². The lowest BCUT2D eigenvalue weighted by Crippen LogP contribution is -2.32. The van der Waals surface area contributed by atoms with Gasteiger partial charge in [-0.05, 0) is 49.5 Å². The molecule has 96 valence electrons. The Hall–Kier alpha value is -0.730. The van der Waals surface area contributed by atoms with Crippen molar-refractivity contribution in [2.45, 2.75) is 32.7 Å². The summed E-state index contributed by atoms with van der Waals surface area (Å²) < 4.78 is 0. The molecule has 1 fully saturated rings. The maximum absolute atomic E-state index is 5.79. The van der Waals surface area contributed by atoms with Gasteiger partial charge < -0.3 is 5.73 Å². The standard InChI is InChI=1S/C14H22N2.ClH/c1-2-12-6-8-16(9-7-12)11-13-4-3-5-14(15)10-13;/h3-5,10,12H,2,6-9,11,15H2,1H3;1H. The molecule has 1 heterocycles. The molecule has 17 heavy (non-hydrogen) atoms. The van der Waals surface area contributed by atoms with E-state index in [1.165, 1.54) is 37.9 Å². The van der Waals surface area contributed by atoms with Crippen molar-refractivity contribution in [2.24, 2.45) is 5.92 Å². The maximum Gasteiger partial charge on any atom is 0.0317 e. The van der Waals surface area contributed by atoms with Gasteiger partial charge in [0.2, 0.25) is 0 Å². The second-order valence-corrected chi connectivity index (χ2v) is 4.87. The van der Waals surface area contributed by atoms with Crippen LogP contribution in [0.15, 0.2) is 24.3 Å². The van der Waals surface area contributed by atoms with Crippen LogP contribution in [0.3, 0.4) is 0 Å². The molecule has 0 spiro atoms. The van der Waals surface area contributed by atoms with E-state index >= 15 is 0 Å². The number of nitrogens with zero attached hydrogens (tertiary/aromatic N) is 1. The van der Waals surface area contributed by atoms with E-state index in [9.17, 15) is 0 Å². The first-order chi connectivity index (χ1) is 7.78. The van der Waals surface area contributed by atoms with Gasteiger partial charge in [0.25, 0.3) is 0 Å². The van der Waals surface area contributed by atoms with Crippen molar-refractivity contribution in [1.29, 1.82) is 0 Å². The van der Waals surface area contributed by atoms with E-state index in [1.54, 1.807) is 0 Å². The highest BCUT2D eigenvalue weighted by Crippen LogP contribution is 2.21. The SMILES string of the molecule is CCC1CCN(Cc2cccc(N)c2)CC1.Cl. The van der Waals surface area contributed by atoms with Gasteiger partial charge in [-0.2, -0.15) is 0 Å². The van der Waals surface area contributed by atoms with Crippen molar-refractivity contribution >= 4 is 18.1 Å². The Morgan fingerprint density at radius 2 is 2.00 bits per heavy atom. The molecule has 0 amide bonds. The molecule has 1 saturated heterocycles. The van der Waals surface area contributed by atoms with Crippen LogP contribution < -0.4 is 5.73 Å². The van der Waals surface area contributed by atoms with E-state index in [-0.39, 0.29) is 12.4 Å². The topological polar surface area (TPSA) is 29.3 Å². The Balaban J connectivity index is 0.00000144. The monoisotopic (exact) mass is 254 g/mol. The first kappa shape index (κ1) is 14.3. The van der Waals surface area contributed by atoms with Gasteiger partial charge >= 0.3 is 0 Å². The minimum atomic E-state index is 0. The Kier molecular flexibility index (Phi) is 5.79. The quantitative estimate of drug-likeness (QED) is 0.839. The van der Waals surface area contributed by atoms with E-state index in [1.807, 2.05) is 12.1 Å². The van der Waals surface area contributed by atoms with Gasteiger partial charge in [-0.1, -0.05) is 25.5 Å². The number of hydrogen-bond donors (Lipinski definition) is 1. The molecule has 1 aromatic carbocycles. The summed E-state index contributed by atoms with van der Waals surface area (Å²) in [6.07, 6.45) is 4.06. The number of nitrogen functional groups attached to an aromatic ring is 1. The molecule has 0 saturated carbocycles. The maximum atomic E-state index is 5.79. The highest BCUT2D eigenvalue weighted by atomic mass is 35.5. The number of halogens is 1. The predicted octanol–water partition coefficient (Wildman–Crippen LogP) is 3.31. The van der Waals surface area contributed by atoms with Crippen LogP contribution in [0.5, 0.6) is 0 Å². The highest BCUT2D eigenvalue weighted by molar-refractivity contribution is 5.85. The van der Waals surface area contributed by atoms with Crippen LogP contribution in [0.25, 0.3) is 0 Å². The molecule has 0 aliphatic carbocycles. The van der Waals surface area contributed by atoms with E-state index in [0.717, 1.165) is 18.2 Å². The number of benzene rings is 1. The molecule has 2 N–H and O–H groups in total. The summed E-state index contributed by atoms with van der Waals surface area (Å²) in [6.45, 7) is 5.85. The molecular formula is C14H23ClN2. The molecule has 1 aromatic rings. The van der Waals surface area contributed by atoms with Crippen LogP contribution in [0.4, 0.5) is 5.69 Å². The van der Waals surface area contributed by atoms with Gasteiger partial charge in [0, 0.05) is 12.2 Å². The lowest BCUT2D eigenvalue weighted by Gasteiger charge is -2.31. The van der Waals surface area contributed by atoms with Crippen molar-refractivity contribution in [3.63, 3.8) is 0 Å². The lowest BCUT2D eigenvalue weighted by atomic mass is 9.94. The summed E-state index contributed by atoms with van der Waals surface area (Å²) in [7, 11) is 0. The first-order valence-corrected chi connectivity index (χ1v) is 6.34. The zero-order chi connectivity index (χ0) is 11.4. The Morgan fingerprint density at radius 3 is 2.59 bits per heavy atom. The lowest BCUT2D eigenvalue weighted by molar-refractivity contribution is 0.175. The predicted molar refractivity (Wildman–Crippen MR) is 76.4 cm³/mol. The summed E-state index contributed by atoms with van der Waals surface area (Å²) in [5.74, 6) is 0.956. The molecule has 0 aromatic heterocycles. The third kappa shape index (κ3) is 4.21. The average Bonchev–Trinajstić information content (AvgIpc) is 2.30. The number of hydrogen-bond acceptors (Lipinski definition) is 2. The molecule has 1 aliphatic rings. The molecule has 2 rings (SSSR count). The fourth-order valence-electron chi connectivity index (χ4n) is 2.50. The van der Waals surface area contributed by atoms with E-state index in [0.29, 0.717) is 0 Å². The Labute approximate surface area is 111 Å². The van der Waals surface area contributed by atoms with Crippen LogP contribution in [0.2, 0.25) is 0 Å². The number of rotatable bonds is 3. The Bertz CT molecular complexity index is 333. The third-order valence-electron chi connectivity index (χ3n) is 3.64. The smallest absolute Gasteiger partial charge is 0.0317 e. The van der Waals surface area contributed by atoms with Crippen molar-refractivity contribution in [1.82, 2.24) is 4.90 Å². The molecule has 2 nitrogen and oxygen atoms in total. The summed E-state index contributed by atoms with van der Waals surface area (Å²) in [5, 5.41) is 0. The number of piperidine rings is 1. The van der Waals surface area contributed by atoms with E-state index in [4.69, 9.17) is 5.73 Å². The van der Waals surface area contributed by atoms with Crippen molar-refractivity contribution < 1.29 is 0 Å². The van der Waals surface area contributed by atoms with Gasteiger partial charge in [-0.15, -0.1) is 12.4 Å². The van der Waals surface area contributed by atoms with E-state index < -0.39 is 0 Å². The largest absolute Gasteiger partial charge is 0.399 e. The molecule has 0 radical (unpaired) electrons. The van der Waals surface area contributed by atoms with Gasteiger partial charge in [-0.3, -0.25) is 4.90 Å². The van der Waals surface area contributed by atoms with Gasteiger partial charge in [0.1, 0.15) is 0 Å². The van der Waals surface area contributed by atoms with Crippen LogP contribution in [0, 0.1) is 5.92 Å². The van der Waals surface area contributed by atoms with Crippen LogP contribution in [-0.4, -0.2) is 18.0 Å². The fraction of sp³-hybridized carbons (Fsp3) is 0.571. The van der Waals surface area contributed by atoms with Crippen molar-refractivity contribution in [3.05, 3.63) is 29.8 Å². The number of anilines is 1. The van der Waals surface area contributed by atoms with Crippen LogP contribution in [0.1, 0.15) is 31.7 Å². The normalized spacial score (nSPS) is 17.7. The molecule has 3 heteroatoms. The minimum absolute atomic E-state index is 0. The second kappa shape index (κ2) is 6.87. The number of nitrogens with two attached hydrogens (primary N) is 1. The zero-order valence-corrected chi connectivity index (χ0v) is 11.4. The Morgan fingerprint density at radius 1 is 1.29 bits per heavy atom. The molecule has 1 aliphatic heterocycles. The summed E-state index contributed by atoms with van der Waals surface area (Å²) in [6, 6.07) is 8.25. The molecule has 0 unspecified atom stereocenters.